The van der Waals surface area contributed by atoms with Gasteiger partial charge in [0.15, 0.2) is 0 Å². The summed E-state index contributed by atoms with van der Waals surface area (Å²) in [5.41, 5.74) is 7.07. The Morgan fingerprint density at radius 1 is 1.17 bits per heavy atom. The van der Waals surface area contributed by atoms with Gasteiger partial charge < -0.3 is 36.5 Å². The molecule has 194 valence electrons. The first-order chi connectivity index (χ1) is 17.2. The smallest absolute Gasteiger partial charge is 0.326 e. The predicted molar refractivity (Wildman–Crippen MR) is 128 cm³/mol. The molecular weight excluding hydrogens is 468 g/mol. The average Bonchev–Trinajstić information content (AvgIpc) is 3.55. The van der Waals surface area contributed by atoms with Crippen molar-refractivity contribution in [2.24, 2.45) is 5.73 Å². The Morgan fingerprint density at radius 2 is 1.89 bits per heavy atom. The number of aliphatic hydroxyl groups excluding tert-OH is 1. The number of hydrogen-bond donors (Lipinski definition) is 6. The van der Waals surface area contributed by atoms with E-state index in [-0.39, 0.29) is 12.8 Å². The van der Waals surface area contributed by atoms with Crippen LogP contribution in [0.4, 0.5) is 0 Å². The first-order valence-corrected chi connectivity index (χ1v) is 11.8. The number of carboxylic acid groups (broad SMARTS) is 1. The van der Waals surface area contributed by atoms with Crippen LogP contribution in [0.25, 0.3) is 0 Å². The molecule has 0 aliphatic carbocycles. The molecule has 0 saturated carbocycles. The number of nitrogens with two attached hydrogens (primary N) is 1. The first-order valence-electron chi connectivity index (χ1n) is 11.8. The number of carbonyl (C=O) groups excluding carboxylic acids is 3. The number of H-pyrrole nitrogens is 1. The second-order valence-electron chi connectivity index (χ2n) is 8.89. The largest absolute Gasteiger partial charge is 0.480 e. The zero-order valence-electron chi connectivity index (χ0n) is 20.0. The minimum Gasteiger partial charge on any atom is -0.480 e. The Labute approximate surface area is 208 Å². The van der Waals surface area contributed by atoms with E-state index in [1.54, 1.807) is 30.3 Å². The lowest BCUT2D eigenvalue weighted by Crippen LogP contribution is -2.58. The van der Waals surface area contributed by atoms with E-state index in [1.165, 1.54) is 24.3 Å². The van der Waals surface area contributed by atoms with Gasteiger partial charge >= 0.3 is 5.97 Å². The van der Waals surface area contributed by atoms with Gasteiger partial charge in [0.05, 0.1) is 12.4 Å². The summed E-state index contributed by atoms with van der Waals surface area (Å²) >= 11 is 0. The highest BCUT2D eigenvalue weighted by atomic mass is 16.4. The molecular formula is C24H32N6O6. The van der Waals surface area contributed by atoms with Crippen LogP contribution in [-0.2, 0) is 32.0 Å². The molecule has 36 heavy (non-hydrogen) atoms. The van der Waals surface area contributed by atoms with Crippen LogP contribution in [0.1, 0.15) is 31.0 Å². The molecule has 0 bridgehead atoms. The van der Waals surface area contributed by atoms with Crippen molar-refractivity contribution >= 4 is 23.7 Å². The van der Waals surface area contributed by atoms with Crippen molar-refractivity contribution in [2.45, 2.75) is 62.9 Å². The third-order valence-electron chi connectivity index (χ3n) is 6.15. The van der Waals surface area contributed by atoms with Gasteiger partial charge in [-0.3, -0.25) is 14.4 Å². The molecule has 1 fully saturated rings. The van der Waals surface area contributed by atoms with E-state index in [2.05, 4.69) is 20.6 Å². The molecule has 3 amide bonds. The number of aromatic amines is 1. The number of aliphatic carboxylic acids is 1. The number of likely N-dealkylation sites (tertiary alicyclic amines) is 1. The van der Waals surface area contributed by atoms with Crippen molar-refractivity contribution in [2.75, 3.05) is 6.54 Å². The van der Waals surface area contributed by atoms with Crippen molar-refractivity contribution in [3.8, 4) is 0 Å². The highest BCUT2D eigenvalue weighted by Gasteiger charge is 2.39. The number of imidazole rings is 1. The van der Waals surface area contributed by atoms with Crippen molar-refractivity contribution in [1.29, 1.82) is 0 Å². The molecule has 7 N–H and O–H groups in total. The molecule has 1 aliphatic heterocycles. The Bertz CT molecular complexity index is 1040. The summed E-state index contributed by atoms with van der Waals surface area (Å²) in [5.74, 6) is -3.00. The molecule has 1 saturated heterocycles. The number of carboxylic acids is 1. The standard InChI is InChI=1S/C24H32N6O6/c1-14(31)20(25)23(34)30-9-5-8-19(30)22(33)28-17(11-16-12-26-13-27-16)21(32)29-18(24(35)36)10-15-6-3-2-4-7-15/h2-4,6-7,12-14,17-20,31H,5,8-11,25H2,1H3,(H,26,27)(H,28,33)(H,29,32)(H,35,36). The molecule has 2 aromatic rings. The molecule has 1 aromatic carbocycles. The molecule has 0 radical (unpaired) electrons. The van der Waals surface area contributed by atoms with Gasteiger partial charge in [0.1, 0.15) is 24.2 Å². The lowest BCUT2D eigenvalue weighted by Gasteiger charge is -2.29. The summed E-state index contributed by atoms with van der Waals surface area (Å²) in [5, 5.41) is 24.6. The van der Waals surface area contributed by atoms with E-state index in [9.17, 15) is 29.4 Å². The van der Waals surface area contributed by atoms with Crippen LogP contribution in [0.15, 0.2) is 42.9 Å². The normalized spacial score (nSPS) is 18.6. The van der Waals surface area contributed by atoms with Gasteiger partial charge in [-0.05, 0) is 25.3 Å². The second-order valence-corrected chi connectivity index (χ2v) is 8.89. The summed E-state index contributed by atoms with van der Waals surface area (Å²) in [6.45, 7) is 1.69. The number of aromatic nitrogens is 2. The average molecular weight is 501 g/mol. The maximum Gasteiger partial charge on any atom is 0.326 e. The fourth-order valence-electron chi connectivity index (χ4n) is 4.12. The molecule has 2 heterocycles. The third kappa shape index (κ3) is 6.89. The number of benzene rings is 1. The molecule has 3 rings (SSSR count). The number of nitrogens with zero attached hydrogens (tertiary/aromatic N) is 2. The van der Waals surface area contributed by atoms with Crippen LogP contribution in [0.2, 0.25) is 0 Å². The van der Waals surface area contributed by atoms with Gasteiger partial charge in [0.2, 0.25) is 17.7 Å². The van der Waals surface area contributed by atoms with Crippen molar-refractivity contribution < 1.29 is 29.4 Å². The molecule has 5 unspecified atom stereocenters. The van der Waals surface area contributed by atoms with Gasteiger partial charge in [-0.1, -0.05) is 30.3 Å². The van der Waals surface area contributed by atoms with E-state index in [0.29, 0.717) is 25.1 Å². The fraction of sp³-hybridized carbons (Fsp3) is 0.458. The van der Waals surface area contributed by atoms with Crippen LogP contribution >= 0.6 is 0 Å². The minimum atomic E-state index is -1.21. The maximum atomic E-state index is 13.2. The van der Waals surface area contributed by atoms with Crippen LogP contribution < -0.4 is 16.4 Å². The Balaban J connectivity index is 1.74. The Hall–Kier alpha value is -3.77. The van der Waals surface area contributed by atoms with Crippen molar-refractivity contribution in [1.82, 2.24) is 25.5 Å². The summed E-state index contributed by atoms with van der Waals surface area (Å²) < 4.78 is 0. The fourth-order valence-corrected chi connectivity index (χ4v) is 4.12. The topological polar surface area (TPSA) is 191 Å². The van der Waals surface area contributed by atoms with Gasteiger partial charge in [0.25, 0.3) is 0 Å². The predicted octanol–water partition coefficient (Wildman–Crippen LogP) is -1.05. The number of aliphatic hydroxyl groups is 1. The van der Waals surface area contributed by atoms with Gasteiger partial charge in [0, 0.05) is 31.3 Å². The second kappa shape index (κ2) is 12.3. The quantitative estimate of drug-likeness (QED) is 0.225. The Kier molecular flexibility index (Phi) is 9.14. The summed E-state index contributed by atoms with van der Waals surface area (Å²) in [4.78, 5) is 59.0. The molecule has 12 heteroatoms. The number of nitrogens with one attached hydrogen (secondary N) is 3. The molecule has 1 aromatic heterocycles. The summed E-state index contributed by atoms with van der Waals surface area (Å²) in [6.07, 6.45) is 2.87. The minimum absolute atomic E-state index is 0.0309. The van der Waals surface area contributed by atoms with Gasteiger partial charge in [-0.2, -0.15) is 0 Å². The highest BCUT2D eigenvalue weighted by molar-refractivity contribution is 5.94. The summed E-state index contributed by atoms with van der Waals surface area (Å²) in [7, 11) is 0. The maximum absolute atomic E-state index is 13.2. The number of rotatable bonds is 11. The SMILES string of the molecule is CC(O)C(N)C(=O)N1CCCC1C(=O)NC(Cc1cnc[nH]1)C(=O)NC(Cc1ccccc1)C(=O)O. The lowest BCUT2D eigenvalue weighted by molar-refractivity contribution is -0.143. The van der Waals surface area contributed by atoms with Crippen LogP contribution in [0.3, 0.4) is 0 Å². The van der Waals surface area contributed by atoms with Crippen molar-refractivity contribution in [3.63, 3.8) is 0 Å². The van der Waals surface area contributed by atoms with E-state index < -0.39 is 54.0 Å². The molecule has 1 aliphatic rings. The van der Waals surface area contributed by atoms with Gasteiger partial charge in [-0.15, -0.1) is 0 Å². The highest BCUT2D eigenvalue weighted by Crippen LogP contribution is 2.19. The molecule has 12 nitrogen and oxygen atoms in total. The van der Waals surface area contributed by atoms with E-state index in [1.807, 2.05) is 0 Å². The first kappa shape index (κ1) is 26.8. The van der Waals surface area contributed by atoms with Crippen LogP contribution in [0.5, 0.6) is 0 Å². The zero-order valence-corrected chi connectivity index (χ0v) is 20.0. The number of carbonyl (C=O) groups is 4. The van der Waals surface area contributed by atoms with E-state index in [4.69, 9.17) is 5.73 Å². The number of amides is 3. The third-order valence-corrected chi connectivity index (χ3v) is 6.15. The molecule has 0 spiro atoms. The van der Waals surface area contributed by atoms with Crippen molar-refractivity contribution in [3.05, 3.63) is 54.1 Å². The van der Waals surface area contributed by atoms with E-state index >= 15 is 0 Å². The Morgan fingerprint density at radius 3 is 2.50 bits per heavy atom. The monoisotopic (exact) mass is 500 g/mol. The molecule has 5 atom stereocenters. The van der Waals surface area contributed by atoms with E-state index in [0.717, 1.165) is 5.56 Å². The van der Waals surface area contributed by atoms with Crippen LogP contribution in [0, 0.1) is 0 Å². The summed E-state index contributed by atoms with van der Waals surface area (Å²) in [6, 6.07) is 4.50. The van der Waals surface area contributed by atoms with Gasteiger partial charge in [-0.25, -0.2) is 9.78 Å². The lowest BCUT2D eigenvalue weighted by atomic mass is 10.0. The zero-order chi connectivity index (χ0) is 26.2. The number of hydrogen-bond acceptors (Lipinski definition) is 7. The van der Waals surface area contributed by atoms with Crippen LogP contribution in [-0.4, -0.2) is 85.6 Å².